The normalized spacial score (nSPS) is 18.0. The van der Waals surface area contributed by atoms with Gasteiger partial charge in [-0.05, 0) is 30.5 Å². The maximum atomic E-state index is 11.9. The number of nitrogens with one attached hydrogen (secondary N) is 1. The van der Waals surface area contributed by atoms with Crippen LogP contribution in [0.5, 0.6) is 0 Å². The van der Waals surface area contributed by atoms with Crippen LogP contribution in [-0.2, 0) is 11.3 Å². The van der Waals surface area contributed by atoms with Crippen LogP contribution in [0.4, 0.5) is 0 Å². The molecule has 0 aromatic heterocycles. The summed E-state index contributed by atoms with van der Waals surface area (Å²) in [5.41, 5.74) is 0.286. The molecule has 104 valence electrons. The van der Waals surface area contributed by atoms with Crippen LogP contribution in [0.1, 0.15) is 44.1 Å². The van der Waals surface area contributed by atoms with Crippen molar-refractivity contribution in [3.63, 3.8) is 0 Å². The SMILES string of the molecule is O=C(CC1(O)CCCCC1)NCc1ccc(Br)cc1. The van der Waals surface area contributed by atoms with Crippen LogP contribution in [-0.4, -0.2) is 16.6 Å². The van der Waals surface area contributed by atoms with Gasteiger partial charge in [0.05, 0.1) is 12.0 Å². The Morgan fingerprint density at radius 2 is 1.84 bits per heavy atom. The zero-order chi connectivity index (χ0) is 13.7. The van der Waals surface area contributed by atoms with Gasteiger partial charge in [0.1, 0.15) is 0 Å². The van der Waals surface area contributed by atoms with Crippen molar-refractivity contribution in [2.24, 2.45) is 0 Å². The highest BCUT2D eigenvalue weighted by Gasteiger charge is 2.31. The van der Waals surface area contributed by atoms with E-state index in [9.17, 15) is 9.90 Å². The first kappa shape index (κ1) is 14.5. The second-order valence-electron chi connectivity index (χ2n) is 5.36. The van der Waals surface area contributed by atoms with Crippen LogP contribution < -0.4 is 5.32 Å². The molecule has 2 N–H and O–H groups in total. The molecular formula is C15H20BrNO2. The summed E-state index contributed by atoms with van der Waals surface area (Å²) in [5.74, 6) is -0.0627. The highest BCUT2D eigenvalue weighted by Crippen LogP contribution is 2.30. The fourth-order valence-electron chi connectivity index (χ4n) is 2.55. The highest BCUT2D eigenvalue weighted by atomic mass is 79.9. The van der Waals surface area contributed by atoms with Crippen LogP contribution in [0, 0.1) is 0 Å². The van der Waals surface area contributed by atoms with E-state index in [1.807, 2.05) is 24.3 Å². The predicted octanol–water partition coefficient (Wildman–Crippen LogP) is 3.15. The second kappa shape index (κ2) is 6.53. The first-order chi connectivity index (χ1) is 9.07. The van der Waals surface area contributed by atoms with E-state index in [1.54, 1.807) is 0 Å². The van der Waals surface area contributed by atoms with E-state index in [0.29, 0.717) is 6.54 Å². The third-order valence-electron chi connectivity index (χ3n) is 3.68. The van der Waals surface area contributed by atoms with Crippen LogP contribution >= 0.6 is 15.9 Å². The molecule has 1 aromatic rings. The number of aliphatic hydroxyl groups is 1. The number of carbonyl (C=O) groups is 1. The number of rotatable bonds is 4. The van der Waals surface area contributed by atoms with Gasteiger partial charge in [-0.15, -0.1) is 0 Å². The van der Waals surface area contributed by atoms with Gasteiger partial charge in [-0.2, -0.15) is 0 Å². The summed E-state index contributed by atoms with van der Waals surface area (Å²) in [6, 6.07) is 7.85. The Kier molecular flexibility index (Phi) is 4.99. The Balaban J connectivity index is 1.79. The molecular weight excluding hydrogens is 306 g/mol. The van der Waals surface area contributed by atoms with Crippen LogP contribution in [0.25, 0.3) is 0 Å². The number of carbonyl (C=O) groups excluding carboxylic acids is 1. The van der Waals surface area contributed by atoms with Gasteiger partial charge in [-0.1, -0.05) is 47.3 Å². The van der Waals surface area contributed by atoms with Crippen molar-refractivity contribution in [1.82, 2.24) is 5.32 Å². The standard InChI is InChI=1S/C15H20BrNO2/c16-13-6-4-12(5-7-13)11-17-14(18)10-15(19)8-2-1-3-9-15/h4-7,19H,1-3,8-11H2,(H,17,18). The average Bonchev–Trinajstić information content (AvgIpc) is 2.38. The number of halogens is 1. The lowest BCUT2D eigenvalue weighted by atomic mass is 9.82. The maximum Gasteiger partial charge on any atom is 0.223 e. The lowest BCUT2D eigenvalue weighted by molar-refractivity contribution is -0.127. The number of hydrogen-bond acceptors (Lipinski definition) is 2. The van der Waals surface area contributed by atoms with Gasteiger partial charge in [0.15, 0.2) is 0 Å². The van der Waals surface area contributed by atoms with E-state index in [2.05, 4.69) is 21.2 Å². The second-order valence-corrected chi connectivity index (χ2v) is 6.28. The molecule has 0 radical (unpaired) electrons. The van der Waals surface area contributed by atoms with Crippen LogP contribution in [0.3, 0.4) is 0 Å². The molecule has 2 rings (SSSR count). The summed E-state index contributed by atoms with van der Waals surface area (Å²) in [6.07, 6.45) is 4.94. The Bertz CT molecular complexity index is 424. The molecule has 0 saturated heterocycles. The van der Waals surface area contributed by atoms with Crippen molar-refractivity contribution in [2.75, 3.05) is 0 Å². The molecule has 4 heteroatoms. The molecule has 1 saturated carbocycles. The third-order valence-corrected chi connectivity index (χ3v) is 4.21. The summed E-state index contributed by atoms with van der Waals surface area (Å²) in [4.78, 5) is 11.9. The Morgan fingerprint density at radius 3 is 2.47 bits per heavy atom. The summed E-state index contributed by atoms with van der Waals surface area (Å²) in [7, 11) is 0. The molecule has 0 aliphatic heterocycles. The quantitative estimate of drug-likeness (QED) is 0.893. The van der Waals surface area contributed by atoms with E-state index < -0.39 is 5.60 Å². The van der Waals surface area contributed by atoms with E-state index in [4.69, 9.17) is 0 Å². The molecule has 1 amide bonds. The van der Waals surface area contributed by atoms with Gasteiger partial charge in [-0.3, -0.25) is 4.79 Å². The lowest BCUT2D eigenvalue weighted by Gasteiger charge is -2.31. The van der Waals surface area contributed by atoms with Gasteiger partial charge in [0.2, 0.25) is 5.91 Å². The van der Waals surface area contributed by atoms with E-state index in [1.165, 1.54) is 6.42 Å². The summed E-state index contributed by atoms with van der Waals surface area (Å²) >= 11 is 3.38. The molecule has 1 fully saturated rings. The van der Waals surface area contributed by atoms with Crippen LogP contribution in [0.15, 0.2) is 28.7 Å². The fraction of sp³-hybridized carbons (Fsp3) is 0.533. The topological polar surface area (TPSA) is 49.3 Å². The molecule has 3 nitrogen and oxygen atoms in total. The molecule has 1 aromatic carbocycles. The van der Waals surface area contributed by atoms with E-state index in [-0.39, 0.29) is 12.3 Å². The molecule has 0 spiro atoms. The van der Waals surface area contributed by atoms with Gasteiger partial charge in [0, 0.05) is 11.0 Å². The van der Waals surface area contributed by atoms with Gasteiger partial charge >= 0.3 is 0 Å². The first-order valence-corrected chi connectivity index (χ1v) is 7.60. The van der Waals surface area contributed by atoms with E-state index >= 15 is 0 Å². The van der Waals surface area contributed by atoms with E-state index in [0.717, 1.165) is 35.7 Å². The minimum atomic E-state index is -0.776. The average molecular weight is 326 g/mol. The zero-order valence-electron chi connectivity index (χ0n) is 11.0. The van der Waals surface area contributed by atoms with Crippen molar-refractivity contribution < 1.29 is 9.90 Å². The van der Waals surface area contributed by atoms with Gasteiger partial charge < -0.3 is 10.4 Å². The zero-order valence-corrected chi connectivity index (χ0v) is 12.6. The molecule has 1 aliphatic rings. The largest absolute Gasteiger partial charge is 0.389 e. The summed E-state index contributed by atoms with van der Waals surface area (Å²) in [5, 5.41) is 13.2. The Labute approximate surface area is 122 Å². The lowest BCUT2D eigenvalue weighted by Crippen LogP contribution is -2.38. The fourth-order valence-corrected chi connectivity index (χ4v) is 2.82. The minimum Gasteiger partial charge on any atom is -0.389 e. The minimum absolute atomic E-state index is 0.0627. The Morgan fingerprint density at radius 1 is 1.21 bits per heavy atom. The molecule has 19 heavy (non-hydrogen) atoms. The van der Waals surface area contributed by atoms with Crippen molar-refractivity contribution in [3.05, 3.63) is 34.3 Å². The molecule has 1 aliphatic carbocycles. The number of amides is 1. The van der Waals surface area contributed by atoms with Crippen LogP contribution in [0.2, 0.25) is 0 Å². The van der Waals surface area contributed by atoms with Crippen molar-refractivity contribution in [2.45, 2.75) is 50.7 Å². The van der Waals surface area contributed by atoms with Crippen molar-refractivity contribution in [1.29, 1.82) is 0 Å². The monoisotopic (exact) mass is 325 g/mol. The molecule has 0 atom stereocenters. The molecule has 0 bridgehead atoms. The molecule has 0 heterocycles. The number of benzene rings is 1. The summed E-state index contributed by atoms with van der Waals surface area (Å²) in [6.45, 7) is 0.516. The third kappa shape index (κ3) is 4.62. The van der Waals surface area contributed by atoms with Gasteiger partial charge in [0.25, 0.3) is 0 Å². The highest BCUT2D eigenvalue weighted by molar-refractivity contribution is 9.10. The van der Waals surface area contributed by atoms with Crippen molar-refractivity contribution in [3.8, 4) is 0 Å². The molecule has 0 unspecified atom stereocenters. The maximum absolute atomic E-state index is 11.9. The van der Waals surface area contributed by atoms with Crippen molar-refractivity contribution >= 4 is 21.8 Å². The predicted molar refractivity (Wildman–Crippen MR) is 78.6 cm³/mol. The smallest absolute Gasteiger partial charge is 0.223 e. The Hall–Kier alpha value is -0.870. The summed E-state index contributed by atoms with van der Waals surface area (Å²) < 4.78 is 1.03. The first-order valence-electron chi connectivity index (χ1n) is 6.81. The van der Waals surface area contributed by atoms with Gasteiger partial charge in [-0.25, -0.2) is 0 Å². The number of hydrogen-bond donors (Lipinski definition) is 2.